The molecule has 2 aromatic carbocycles. The molecule has 146 valence electrons. The highest BCUT2D eigenvalue weighted by Gasteiger charge is 2.11. The summed E-state index contributed by atoms with van der Waals surface area (Å²) in [5.74, 6) is 1.01. The molecule has 9 nitrogen and oxygen atoms in total. The molecule has 0 bridgehead atoms. The van der Waals surface area contributed by atoms with Crippen molar-refractivity contribution >= 4 is 40.2 Å². The number of hydrogen-bond donors (Lipinski definition) is 3. The maximum Gasteiger partial charge on any atom is 0.269 e. The normalized spacial score (nSPS) is 10.8. The number of nitrogens with one attached hydrogen (secondary N) is 3. The van der Waals surface area contributed by atoms with E-state index < -0.39 is 4.92 Å². The van der Waals surface area contributed by atoms with Gasteiger partial charge >= 0.3 is 0 Å². The standard InChI is InChI=1S/C19H16ClN7O2/c20-14-3-1-2-13(8-14)10-22-19-25-17(16-18(26-19)24-11-23-16)21-9-12-4-6-15(7-5-12)27(28)29/h1-8,11H,9-10H2,(H3,21,22,23,24,25,26). The number of aromatic nitrogens is 4. The van der Waals surface area contributed by atoms with Crippen LogP contribution in [0.5, 0.6) is 0 Å². The Labute approximate surface area is 170 Å². The minimum Gasteiger partial charge on any atom is -0.364 e. The lowest BCUT2D eigenvalue weighted by molar-refractivity contribution is -0.384. The van der Waals surface area contributed by atoms with Gasteiger partial charge in [-0.1, -0.05) is 35.9 Å². The number of aromatic amines is 1. The Kier molecular flexibility index (Phi) is 5.21. The molecular weight excluding hydrogens is 394 g/mol. The summed E-state index contributed by atoms with van der Waals surface area (Å²) in [6.45, 7) is 0.954. The first-order chi connectivity index (χ1) is 14.1. The lowest BCUT2D eigenvalue weighted by atomic mass is 10.2. The van der Waals surface area contributed by atoms with Gasteiger partial charge in [-0.2, -0.15) is 9.97 Å². The number of non-ortho nitro benzene ring substituents is 1. The topological polar surface area (TPSA) is 122 Å². The van der Waals surface area contributed by atoms with Gasteiger partial charge in [0.25, 0.3) is 5.69 Å². The summed E-state index contributed by atoms with van der Waals surface area (Å²) < 4.78 is 0. The summed E-state index contributed by atoms with van der Waals surface area (Å²) in [7, 11) is 0. The van der Waals surface area contributed by atoms with E-state index in [2.05, 4.69) is 30.6 Å². The zero-order valence-electron chi connectivity index (χ0n) is 15.1. The maximum absolute atomic E-state index is 10.8. The zero-order chi connectivity index (χ0) is 20.2. The van der Waals surface area contributed by atoms with Crippen LogP contribution < -0.4 is 10.6 Å². The maximum atomic E-state index is 10.8. The summed E-state index contributed by atoms with van der Waals surface area (Å²) >= 11 is 6.02. The van der Waals surface area contributed by atoms with Gasteiger partial charge in [0.15, 0.2) is 11.5 Å². The second kappa shape index (κ2) is 8.11. The fourth-order valence-corrected chi connectivity index (χ4v) is 3.00. The molecular formula is C19H16ClN7O2. The summed E-state index contributed by atoms with van der Waals surface area (Å²) in [5.41, 5.74) is 3.15. The molecule has 0 aliphatic heterocycles. The van der Waals surface area contributed by atoms with Crippen molar-refractivity contribution in [1.29, 1.82) is 0 Å². The highest BCUT2D eigenvalue weighted by Crippen LogP contribution is 2.21. The molecule has 29 heavy (non-hydrogen) atoms. The molecule has 0 amide bonds. The summed E-state index contributed by atoms with van der Waals surface area (Å²) in [6.07, 6.45) is 1.55. The van der Waals surface area contributed by atoms with E-state index in [0.717, 1.165) is 11.1 Å². The molecule has 0 saturated carbocycles. The van der Waals surface area contributed by atoms with Gasteiger partial charge in [0.2, 0.25) is 5.95 Å². The van der Waals surface area contributed by atoms with Crippen LogP contribution in [0.15, 0.2) is 54.9 Å². The molecule has 2 heterocycles. The van der Waals surface area contributed by atoms with Gasteiger partial charge in [-0.3, -0.25) is 10.1 Å². The van der Waals surface area contributed by atoms with Gasteiger partial charge in [-0.15, -0.1) is 0 Å². The molecule has 0 spiro atoms. The monoisotopic (exact) mass is 409 g/mol. The number of fused-ring (bicyclic) bond motifs is 1. The number of H-pyrrole nitrogens is 1. The van der Waals surface area contributed by atoms with E-state index in [4.69, 9.17) is 11.6 Å². The zero-order valence-corrected chi connectivity index (χ0v) is 15.8. The van der Waals surface area contributed by atoms with Gasteiger partial charge in [-0.05, 0) is 23.3 Å². The number of hydrogen-bond acceptors (Lipinski definition) is 7. The van der Waals surface area contributed by atoms with E-state index in [1.807, 2.05) is 24.3 Å². The van der Waals surface area contributed by atoms with E-state index in [-0.39, 0.29) is 5.69 Å². The van der Waals surface area contributed by atoms with Gasteiger partial charge < -0.3 is 15.6 Å². The van der Waals surface area contributed by atoms with Crippen LogP contribution in [0.2, 0.25) is 5.02 Å². The van der Waals surface area contributed by atoms with E-state index >= 15 is 0 Å². The quantitative estimate of drug-likeness (QED) is 0.309. The second-order valence-corrected chi connectivity index (χ2v) is 6.69. The average molecular weight is 410 g/mol. The van der Waals surface area contributed by atoms with Crippen LogP contribution in [-0.4, -0.2) is 24.9 Å². The van der Waals surface area contributed by atoms with Crippen LogP contribution in [0.3, 0.4) is 0 Å². The van der Waals surface area contributed by atoms with Gasteiger partial charge in [0.05, 0.1) is 11.3 Å². The van der Waals surface area contributed by atoms with E-state index in [0.29, 0.717) is 41.0 Å². The van der Waals surface area contributed by atoms with Crippen molar-refractivity contribution in [3.05, 3.63) is 81.1 Å². The molecule has 4 aromatic rings. The van der Waals surface area contributed by atoms with Crippen molar-refractivity contribution in [3.63, 3.8) is 0 Å². The minimum atomic E-state index is -0.423. The van der Waals surface area contributed by atoms with Crippen molar-refractivity contribution < 1.29 is 4.92 Å². The molecule has 0 aliphatic carbocycles. The largest absolute Gasteiger partial charge is 0.364 e. The first-order valence-corrected chi connectivity index (χ1v) is 9.13. The number of halogens is 1. The molecule has 0 atom stereocenters. The Morgan fingerprint density at radius 1 is 1.03 bits per heavy atom. The van der Waals surface area contributed by atoms with Crippen LogP contribution in [-0.2, 0) is 13.1 Å². The van der Waals surface area contributed by atoms with Crippen molar-refractivity contribution in [3.8, 4) is 0 Å². The smallest absolute Gasteiger partial charge is 0.269 e. The Hall–Kier alpha value is -3.72. The van der Waals surface area contributed by atoms with E-state index in [1.54, 1.807) is 18.5 Å². The third-order valence-corrected chi connectivity index (χ3v) is 4.47. The first kappa shape index (κ1) is 18.6. The van der Waals surface area contributed by atoms with Crippen molar-refractivity contribution in [1.82, 2.24) is 19.9 Å². The highest BCUT2D eigenvalue weighted by atomic mass is 35.5. The Morgan fingerprint density at radius 3 is 2.59 bits per heavy atom. The predicted molar refractivity (Wildman–Crippen MR) is 111 cm³/mol. The molecule has 0 unspecified atom stereocenters. The molecule has 10 heteroatoms. The highest BCUT2D eigenvalue weighted by molar-refractivity contribution is 6.30. The Bertz CT molecular complexity index is 1160. The molecule has 0 saturated heterocycles. The van der Waals surface area contributed by atoms with Crippen LogP contribution in [0.1, 0.15) is 11.1 Å². The first-order valence-electron chi connectivity index (χ1n) is 8.75. The fourth-order valence-electron chi connectivity index (χ4n) is 2.79. The number of imidazole rings is 1. The third kappa shape index (κ3) is 4.41. The van der Waals surface area contributed by atoms with Crippen LogP contribution in [0, 0.1) is 10.1 Å². The number of nitrogens with zero attached hydrogens (tertiary/aromatic N) is 4. The molecule has 2 aromatic heterocycles. The predicted octanol–water partition coefficient (Wildman–Crippen LogP) is 4.14. The Morgan fingerprint density at radius 2 is 1.83 bits per heavy atom. The summed E-state index contributed by atoms with van der Waals surface area (Å²) in [6, 6.07) is 13.9. The number of nitro benzene ring substituents is 1. The van der Waals surface area contributed by atoms with E-state index in [1.165, 1.54) is 12.1 Å². The molecule has 0 radical (unpaired) electrons. The summed E-state index contributed by atoms with van der Waals surface area (Å²) in [4.78, 5) is 26.5. The van der Waals surface area contributed by atoms with Crippen LogP contribution >= 0.6 is 11.6 Å². The number of rotatable bonds is 7. The van der Waals surface area contributed by atoms with Gasteiger partial charge in [0, 0.05) is 30.2 Å². The number of benzene rings is 2. The molecule has 0 fully saturated rings. The van der Waals surface area contributed by atoms with E-state index in [9.17, 15) is 10.1 Å². The van der Waals surface area contributed by atoms with Crippen LogP contribution in [0.4, 0.5) is 17.5 Å². The summed E-state index contributed by atoms with van der Waals surface area (Å²) in [5, 5.41) is 17.9. The number of anilines is 2. The van der Waals surface area contributed by atoms with Crippen LogP contribution in [0.25, 0.3) is 11.2 Å². The molecule has 4 rings (SSSR count). The SMILES string of the molecule is O=[N+]([O-])c1ccc(CNc2nc(NCc3cccc(Cl)c3)nc3nc[nH]c23)cc1. The second-order valence-electron chi connectivity index (χ2n) is 6.26. The van der Waals surface area contributed by atoms with Crippen molar-refractivity contribution in [2.24, 2.45) is 0 Å². The molecule has 3 N–H and O–H groups in total. The van der Waals surface area contributed by atoms with Gasteiger partial charge in [0.1, 0.15) is 5.52 Å². The molecule has 0 aliphatic rings. The van der Waals surface area contributed by atoms with Crippen molar-refractivity contribution in [2.75, 3.05) is 10.6 Å². The minimum absolute atomic E-state index is 0.0549. The fraction of sp³-hybridized carbons (Fsp3) is 0.105. The van der Waals surface area contributed by atoms with Crippen molar-refractivity contribution in [2.45, 2.75) is 13.1 Å². The lowest BCUT2D eigenvalue weighted by Crippen LogP contribution is -2.08. The third-order valence-electron chi connectivity index (χ3n) is 4.23. The Balaban J connectivity index is 1.50. The lowest BCUT2D eigenvalue weighted by Gasteiger charge is -2.10. The number of nitro groups is 1. The van der Waals surface area contributed by atoms with Gasteiger partial charge in [-0.25, -0.2) is 4.98 Å². The average Bonchev–Trinajstić information content (AvgIpc) is 3.19.